The van der Waals surface area contributed by atoms with Crippen LogP contribution in [0.25, 0.3) is 10.9 Å². The van der Waals surface area contributed by atoms with E-state index in [4.69, 9.17) is 0 Å². The lowest BCUT2D eigenvalue weighted by atomic mass is 10.2. The van der Waals surface area contributed by atoms with Crippen molar-refractivity contribution in [1.82, 2.24) is 20.2 Å². The fraction of sp³-hybridized carbons (Fsp3) is 0. The predicted octanol–water partition coefficient (Wildman–Crippen LogP) is 1.74. The number of para-hydroxylation sites is 1. The van der Waals surface area contributed by atoms with E-state index in [-0.39, 0.29) is 17.0 Å². The summed E-state index contributed by atoms with van der Waals surface area (Å²) in [7, 11) is 0. The molecule has 0 atom stereocenters. The summed E-state index contributed by atoms with van der Waals surface area (Å²) in [5.41, 5.74) is 0.409. The zero-order chi connectivity index (χ0) is 13.2. The minimum Gasteiger partial charge on any atom is -0.303 e. The highest BCUT2D eigenvalue weighted by atomic mass is 19.1. The Morgan fingerprint density at radius 2 is 2.21 bits per heavy atom. The lowest BCUT2D eigenvalue weighted by molar-refractivity contribution is 0.102. The fourth-order valence-corrected chi connectivity index (χ4v) is 1.69. The summed E-state index contributed by atoms with van der Waals surface area (Å²) in [5, 5.41) is 9.47. The van der Waals surface area contributed by atoms with Gasteiger partial charge in [-0.2, -0.15) is 5.10 Å². The van der Waals surface area contributed by atoms with E-state index in [1.54, 1.807) is 12.1 Å². The van der Waals surface area contributed by atoms with Crippen molar-refractivity contribution < 1.29 is 9.18 Å². The Morgan fingerprint density at radius 1 is 1.32 bits per heavy atom. The first kappa shape index (κ1) is 11.3. The van der Waals surface area contributed by atoms with Crippen LogP contribution in [0.1, 0.15) is 10.5 Å². The van der Waals surface area contributed by atoms with Gasteiger partial charge in [0.2, 0.25) is 0 Å². The number of anilines is 1. The Hall–Kier alpha value is -2.83. The lowest BCUT2D eigenvalue weighted by Crippen LogP contribution is -2.14. The quantitative estimate of drug-likeness (QED) is 0.732. The summed E-state index contributed by atoms with van der Waals surface area (Å²) in [4.78, 5) is 19.5. The second-order valence-corrected chi connectivity index (χ2v) is 3.78. The zero-order valence-corrected chi connectivity index (χ0v) is 9.59. The molecule has 2 aromatic heterocycles. The minimum atomic E-state index is -0.453. The number of nitrogens with one attached hydrogen (secondary N) is 2. The van der Waals surface area contributed by atoms with Crippen LogP contribution in [0.5, 0.6) is 0 Å². The van der Waals surface area contributed by atoms with Crippen molar-refractivity contribution in [2.24, 2.45) is 0 Å². The molecule has 2 N–H and O–H groups in total. The van der Waals surface area contributed by atoms with Gasteiger partial charge in [0.25, 0.3) is 5.91 Å². The van der Waals surface area contributed by atoms with Crippen molar-refractivity contribution in [3.8, 4) is 0 Å². The number of carbonyl (C=O) groups is 1. The molecule has 7 heteroatoms. The van der Waals surface area contributed by atoms with Crippen LogP contribution >= 0.6 is 0 Å². The maximum Gasteiger partial charge on any atom is 0.277 e. The molecule has 1 aromatic carbocycles. The lowest BCUT2D eigenvalue weighted by Gasteiger charge is -2.00. The second kappa shape index (κ2) is 4.45. The van der Waals surface area contributed by atoms with E-state index in [0.717, 1.165) is 0 Å². The molecule has 94 valence electrons. The third-order valence-corrected chi connectivity index (χ3v) is 2.58. The molecule has 3 aromatic rings. The number of hydrogen-bond acceptors (Lipinski definition) is 4. The molecule has 6 nitrogen and oxygen atoms in total. The van der Waals surface area contributed by atoms with Gasteiger partial charge in [0, 0.05) is 17.8 Å². The van der Waals surface area contributed by atoms with Crippen molar-refractivity contribution in [3.05, 3.63) is 48.3 Å². The van der Waals surface area contributed by atoms with E-state index in [1.165, 1.54) is 24.7 Å². The molecule has 0 radical (unpaired) electrons. The number of nitrogens with zero attached hydrogens (tertiary/aromatic N) is 3. The van der Waals surface area contributed by atoms with Crippen LogP contribution in [0.3, 0.4) is 0 Å². The van der Waals surface area contributed by atoms with Gasteiger partial charge in [0.1, 0.15) is 17.0 Å². The topological polar surface area (TPSA) is 83.6 Å². The molecule has 0 fully saturated rings. The maximum absolute atomic E-state index is 13.5. The molecule has 3 rings (SSSR count). The van der Waals surface area contributed by atoms with Crippen LogP contribution in [0.15, 0.2) is 36.8 Å². The summed E-state index contributed by atoms with van der Waals surface area (Å²) in [5.74, 6) is -0.624. The van der Waals surface area contributed by atoms with Gasteiger partial charge in [-0.05, 0) is 12.1 Å². The summed E-state index contributed by atoms with van der Waals surface area (Å²) >= 11 is 0. The number of aromatic amines is 1. The van der Waals surface area contributed by atoms with Crippen LogP contribution in [-0.4, -0.2) is 26.1 Å². The summed E-state index contributed by atoms with van der Waals surface area (Å²) < 4.78 is 13.5. The van der Waals surface area contributed by atoms with E-state index in [0.29, 0.717) is 5.39 Å². The maximum atomic E-state index is 13.5. The van der Waals surface area contributed by atoms with Crippen molar-refractivity contribution in [2.45, 2.75) is 0 Å². The van der Waals surface area contributed by atoms with E-state index < -0.39 is 11.7 Å². The van der Waals surface area contributed by atoms with Crippen LogP contribution in [-0.2, 0) is 0 Å². The number of benzene rings is 1. The monoisotopic (exact) mass is 257 g/mol. The molecule has 19 heavy (non-hydrogen) atoms. The van der Waals surface area contributed by atoms with Crippen molar-refractivity contribution in [1.29, 1.82) is 0 Å². The van der Waals surface area contributed by atoms with Gasteiger partial charge >= 0.3 is 0 Å². The van der Waals surface area contributed by atoms with Gasteiger partial charge in [-0.3, -0.25) is 14.9 Å². The average molecular weight is 257 g/mol. The minimum absolute atomic E-state index is 0.162. The number of rotatable bonds is 2. The third kappa shape index (κ3) is 2.01. The molecule has 0 saturated heterocycles. The first-order valence-electron chi connectivity index (χ1n) is 5.45. The van der Waals surface area contributed by atoms with E-state index in [2.05, 4.69) is 25.5 Å². The average Bonchev–Trinajstić information content (AvgIpc) is 2.84. The number of amides is 1. The zero-order valence-electron chi connectivity index (χ0n) is 9.59. The molecule has 1 amide bonds. The van der Waals surface area contributed by atoms with Gasteiger partial charge in [-0.15, -0.1) is 0 Å². The first-order chi connectivity index (χ1) is 9.25. The molecule has 0 bridgehead atoms. The predicted molar refractivity (Wildman–Crippen MR) is 66.0 cm³/mol. The molecule has 0 aliphatic carbocycles. The molecule has 0 unspecified atom stereocenters. The number of H-pyrrole nitrogens is 1. The molecule has 0 saturated carbocycles. The highest BCUT2D eigenvalue weighted by molar-refractivity contribution is 6.06. The number of fused-ring (bicyclic) bond motifs is 1. The van der Waals surface area contributed by atoms with Gasteiger partial charge in [0.15, 0.2) is 5.82 Å². The van der Waals surface area contributed by atoms with Crippen molar-refractivity contribution in [3.63, 3.8) is 0 Å². The number of carbonyl (C=O) groups excluding carboxylic acids is 1. The number of halogens is 1. The van der Waals surface area contributed by atoms with Crippen LogP contribution in [0.4, 0.5) is 10.2 Å². The van der Waals surface area contributed by atoms with Crippen LogP contribution in [0.2, 0.25) is 0 Å². The highest BCUT2D eigenvalue weighted by Gasteiger charge is 2.13. The van der Waals surface area contributed by atoms with Crippen LogP contribution < -0.4 is 5.32 Å². The van der Waals surface area contributed by atoms with Crippen molar-refractivity contribution >= 4 is 22.6 Å². The van der Waals surface area contributed by atoms with E-state index >= 15 is 0 Å². The smallest absolute Gasteiger partial charge is 0.277 e. The number of hydrogen-bond donors (Lipinski definition) is 2. The Labute approximate surface area is 106 Å². The Balaban J connectivity index is 1.94. The molecule has 0 aliphatic rings. The van der Waals surface area contributed by atoms with Gasteiger partial charge < -0.3 is 5.32 Å². The van der Waals surface area contributed by atoms with Gasteiger partial charge in [-0.25, -0.2) is 9.37 Å². The number of aromatic nitrogens is 4. The Morgan fingerprint density at radius 3 is 3.00 bits per heavy atom. The van der Waals surface area contributed by atoms with E-state index in [1.807, 2.05) is 0 Å². The summed E-state index contributed by atoms with van der Waals surface area (Å²) in [6.07, 6.45) is 4.22. The van der Waals surface area contributed by atoms with Gasteiger partial charge in [-0.1, -0.05) is 6.07 Å². The van der Waals surface area contributed by atoms with E-state index in [9.17, 15) is 9.18 Å². The largest absolute Gasteiger partial charge is 0.303 e. The van der Waals surface area contributed by atoms with Gasteiger partial charge in [0.05, 0.1) is 6.20 Å². The van der Waals surface area contributed by atoms with Crippen molar-refractivity contribution in [2.75, 3.05) is 5.32 Å². The first-order valence-corrected chi connectivity index (χ1v) is 5.45. The molecular weight excluding hydrogens is 249 g/mol. The Bertz CT molecular complexity index is 740. The third-order valence-electron chi connectivity index (χ3n) is 2.58. The molecule has 0 aliphatic heterocycles. The molecule has 0 spiro atoms. The van der Waals surface area contributed by atoms with Crippen LogP contribution in [0, 0.1) is 5.82 Å². The standard InChI is InChI=1S/C12H8FN5O/c13-8-3-1-2-7-10(8)17-18-11(7)16-12(19)9-6-14-4-5-15-9/h1-6H,(H2,16,17,18,19). The summed E-state index contributed by atoms with van der Waals surface area (Å²) in [6, 6.07) is 4.52. The second-order valence-electron chi connectivity index (χ2n) is 3.78. The molecular formula is C12H8FN5O. The highest BCUT2D eigenvalue weighted by Crippen LogP contribution is 2.22. The normalized spacial score (nSPS) is 10.6. The Kier molecular flexibility index (Phi) is 2.64. The SMILES string of the molecule is O=C(Nc1n[nH]c2c(F)cccc12)c1cnccn1. The fourth-order valence-electron chi connectivity index (χ4n) is 1.69. The molecule has 2 heterocycles. The summed E-state index contributed by atoms with van der Waals surface area (Å²) in [6.45, 7) is 0.